The molecule has 5 heteroatoms. The Morgan fingerprint density at radius 2 is 1.92 bits per heavy atom. The maximum atomic E-state index is 12.5. The smallest absolute Gasteiger partial charge is 0.339 e. The van der Waals surface area contributed by atoms with Crippen molar-refractivity contribution in [2.24, 2.45) is 5.92 Å². The van der Waals surface area contributed by atoms with Crippen molar-refractivity contribution < 1.29 is 19.1 Å². The first-order chi connectivity index (χ1) is 12.1. The second kappa shape index (κ2) is 7.55. The number of likely N-dealkylation sites (tertiary alicyclic amines) is 1. The van der Waals surface area contributed by atoms with Gasteiger partial charge in [-0.05, 0) is 36.3 Å². The molecule has 25 heavy (non-hydrogen) atoms. The van der Waals surface area contributed by atoms with Gasteiger partial charge in [0.05, 0.1) is 12.7 Å². The van der Waals surface area contributed by atoms with Crippen molar-refractivity contribution in [3.05, 3.63) is 42.0 Å². The third-order valence-electron chi connectivity index (χ3n) is 4.66. The summed E-state index contributed by atoms with van der Waals surface area (Å²) in [6, 6.07) is 10.9. The molecule has 0 unspecified atom stereocenters. The minimum atomic E-state index is -0.489. The van der Waals surface area contributed by atoms with Crippen LogP contribution in [0.15, 0.2) is 36.4 Å². The van der Waals surface area contributed by atoms with Gasteiger partial charge in [-0.3, -0.25) is 4.79 Å². The predicted octanol–water partition coefficient (Wildman–Crippen LogP) is 3.26. The van der Waals surface area contributed by atoms with E-state index in [0.29, 0.717) is 17.2 Å². The monoisotopic (exact) mass is 341 g/mol. The van der Waals surface area contributed by atoms with Gasteiger partial charge in [-0.15, -0.1) is 0 Å². The first-order valence-electron chi connectivity index (χ1n) is 8.60. The maximum absolute atomic E-state index is 12.5. The van der Waals surface area contributed by atoms with Crippen LogP contribution >= 0.6 is 0 Å². The molecule has 0 spiro atoms. The molecule has 1 fully saturated rings. The van der Waals surface area contributed by atoms with Crippen LogP contribution in [0.25, 0.3) is 10.8 Å². The van der Waals surface area contributed by atoms with Gasteiger partial charge in [0.1, 0.15) is 5.75 Å². The lowest BCUT2D eigenvalue weighted by Gasteiger charge is -2.30. The lowest BCUT2D eigenvalue weighted by Crippen LogP contribution is -2.41. The SMILES string of the molecule is COc1ccc(C(=O)OCC(=O)N2CCC[C@H](C)C2)c2ccccc12. The van der Waals surface area contributed by atoms with Crippen LogP contribution in [0.3, 0.4) is 0 Å². The highest BCUT2D eigenvalue weighted by Crippen LogP contribution is 2.28. The molecule has 0 saturated carbocycles. The molecular formula is C20H23NO4. The number of esters is 1. The fourth-order valence-corrected chi connectivity index (χ4v) is 3.34. The Bertz CT molecular complexity index is 786. The van der Waals surface area contributed by atoms with Crippen molar-refractivity contribution in [3.8, 4) is 5.75 Å². The number of fused-ring (bicyclic) bond motifs is 1. The summed E-state index contributed by atoms with van der Waals surface area (Å²) in [5.74, 6) is 0.583. The van der Waals surface area contributed by atoms with Gasteiger partial charge >= 0.3 is 5.97 Å². The molecule has 1 heterocycles. The van der Waals surface area contributed by atoms with Crippen molar-refractivity contribution in [2.75, 3.05) is 26.8 Å². The molecule has 0 bridgehead atoms. The largest absolute Gasteiger partial charge is 0.496 e. The molecule has 2 aromatic rings. The summed E-state index contributed by atoms with van der Waals surface area (Å²) < 4.78 is 10.6. The molecule has 0 radical (unpaired) electrons. The summed E-state index contributed by atoms with van der Waals surface area (Å²) in [5.41, 5.74) is 0.441. The third kappa shape index (κ3) is 3.76. The van der Waals surface area contributed by atoms with Gasteiger partial charge in [0.15, 0.2) is 6.61 Å². The van der Waals surface area contributed by atoms with E-state index in [9.17, 15) is 9.59 Å². The second-order valence-electron chi connectivity index (χ2n) is 6.52. The quantitative estimate of drug-likeness (QED) is 0.801. The Kier molecular flexibility index (Phi) is 5.22. The number of hydrogen-bond acceptors (Lipinski definition) is 4. The van der Waals surface area contributed by atoms with E-state index in [2.05, 4.69) is 6.92 Å². The molecule has 1 saturated heterocycles. The molecule has 132 valence electrons. The fraction of sp³-hybridized carbons (Fsp3) is 0.400. The van der Waals surface area contributed by atoms with E-state index in [1.54, 1.807) is 24.1 Å². The molecule has 5 nitrogen and oxygen atoms in total. The number of nitrogens with zero attached hydrogens (tertiary/aromatic N) is 1. The first kappa shape index (κ1) is 17.3. The van der Waals surface area contributed by atoms with Crippen LogP contribution in [-0.4, -0.2) is 43.6 Å². The van der Waals surface area contributed by atoms with E-state index in [4.69, 9.17) is 9.47 Å². The Labute approximate surface area is 147 Å². The molecule has 0 aliphatic carbocycles. The molecule has 2 aromatic carbocycles. The minimum Gasteiger partial charge on any atom is -0.496 e. The van der Waals surface area contributed by atoms with Crippen LogP contribution in [-0.2, 0) is 9.53 Å². The average Bonchev–Trinajstić information content (AvgIpc) is 2.64. The number of hydrogen-bond donors (Lipinski definition) is 0. The topological polar surface area (TPSA) is 55.8 Å². The standard InChI is InChI=1S/C20H23NO4/c1-14-6-5-11-21(12-14)19(22)13-25-20(23)17-9-10-18(24-2)16-8-4-3-7-15(16)17/h3-4,7-10,14H,5-6,11-13H2,1-2H3/t14-/m0/s1. The number of piperidine rings is 1. The normalized spacial score (nSPS) is 17.4. The van der Waals surface area contributed by atoms with Gasteiger partial charge in [0.25, 0.3) is 5.91 Å². The zero-order valence-electron chi connectivity index (χ0n) is 14.7. The lowest BCUT2D eigenvalue weighted by molar-refractivity contribution is -0.136. The van der Waals surface area contributed by atoms with Crippen LogP contribution in [0, 0.1) is 5.92 Å². The number of methoxy groups -OCH3 is 1. The first-order valence-corrected chi connectivity index (χ1v) is 8.60. The summed E-state index contributed by atoms with van der Waals surface area (Å²) in [4.78, 5) is 26.5. The van der Waals surface area contributed by atoms with Crippen molar-refractivity contribution >= 4 is 22.6 Å². The van der Waals surface area contributed by atoms with Gasteiger partial charge in [0, 0.05) is 18.5 Å². The molecule has 0 aromatic heterocycles. The minimum absolute atomic E-state index is 0.127. The number of carbonyl (C=O) groups is 2. The van der Waals surface area contributed by atoms with Crippen molar-refractivity contribution in [2.45, 2.75) is 19.8 Å². The number of ether oxygens (including phenoxy) is 2. The zero-order valence-corrected chi connectivity index (χ0v) is 14.7. The van der Waals surface area contributed by atoms with E-state index in [-0.39, 0.29) is 12.5 Å². The molecule has 1 amide bonds. The van der Waals surface area contributed by atoms with Crippen molar-refractivity contribution in [1.29, 1.82) is 0 Å². The zero-order chi connectivity index (χ0) is 17.8. The average molecular weight is 341 g/mol. The number of carbonyl (C=O) groups excluding carboxylic acids is 2. The second-order valence-corrected chi connectivity index (χ2v) is 6.52. The predicted molar refractivity (Wildman–Crippen MR) is 95.8 cm³/mol. The summed E-state index contributed by atoms with van der Waals surface area (Å²) in [5, 5.41) is 1.60. The molecule has 0 N–H and O–H groups in total. The highest BCUT2D eigenvalue weighted by atomic mass is 16.5. The van der Waals surface area contributed by atoms with Gasteiger partial charge in [-0.25, -0.2) is 4.79 Å². The van der Waals surface area contributed by atoms with Gasteiger partial charge < -0.3 is 14.4 Å². The van der Waals surface area contributed by atoms with E-state index in [0.717, 1.165) is 36.7 Å². The summed E-state index contributed by atoms with van der Waals surface area (Å²) in [7, 11) is 1.60. The van der Waals surface area contributed by atoms with Gasteiger partial charge in [-0.2, -0.15) is 0 Å². The van der Waals surface area contributed by atoms with E-state index < -0.39 is 5.97 Å². The number of rotatable bonds is 4. The van der Waals surface area contributed by atoms with E-state index in [1.807, 2.05) is 24.3 Å². The highest BCUT2D eigenvalue weighted by molar-refractivity contribution is 6.06. The van der Waals surface area contributed by atoms with Crippen LogP contribution < -0.4 is 4.74 Å². The summed E-state index contributed by atoms with van der Waals surface area (Å²) in [6.07, 6.45) is 2.14. The Morgan fingerprint density at radius 3 is 2.64 bits per heavy atom. The Hall–Kier alpha value is -2.56. The van der Waals surface area contributed by atoms with Crippen LogP contribution in [0.5, 0.6) is 5.75 Å². The lowest BCUT2D eigenvalue weighted by atomic mass is 10.0. The number of amides is 1. The number of benzene rings is 2. The molecular weight excluding hydrogens is 318 g/mol. The summed E-state index contributed by atoms with van der Waals surface area (Å²) >= 11 is 0. The van der Waals surface area contributed by atoms with Crippen LogP contribution in [0.4, 0.5) is 0 Å². The maximum Gasteiger partial charge on any atom is 0.339 e. The van der Waals surface area contributed by atoms with Crippen molar-refractivity contribution in [3.63, 3.8) is 0 Å². The van der Waals surface area contributed by atoms with Crippen LogP contribution in [0.2, 0.25) is 0 Å². The van der Waals surface area contributed by atoms with Crippen LogP contribution in [0.1, 0.15) is 30.1 Å². The molecule has 1 aliphatic heterocycles. The Balaban J connectivity index is 1.71. The van der Waals surface area contributed by atoms with E-state index >= 15 is 0 Å². The van der Waals surface area contributed by atoms with E-state index in [1.165, 1.54) is 0 Å². The third-order valence-corrected chi connectivity index (χ3v) is 4.66. The molecule has 3 rings (SSSR count). The van der Waals surface area contributed by atoms with Gasteiger partial charge in [-0.1, -0.05) is 31.2 Å². The fourth-order valence-electron chi connectivity index (χ4n) is 3.34. The molecule has 1 atom stereocenters. The van der Waals surface area contributed by atoms with Crippen molar-refractivity contribution in [1.82, 2.24) is 4.90 Å². The summed E-state index contributed by atoms with van der Waals surface area (Å²) in [6.45, 7) is 3.40. The molecule has 1 aliphatic rings. The Morgan fingerprint density at radius 1 is 1.16 bits per heavy atom. The van der Waals surface area contributed by atoms with Gasteiger partial charge in [0.2, 0.25) is 0 Å². The highest BCUT2D eigenvalue weighted by Gasteiger charge is 2.22.